The van der Waals surface area contributed by atoms with Crippen LogP contribution in [0.2, 0.25) is 0 Å². The molecule has 0 spiro atoms. The third-order valence-electron chi connectivity index (χ3n) is 3.51. The molecule has 5 nitrogen and oxygen atoms in total. The van der Waals surface area contributed by atoms with Crippen molar-refractivity contribution in [1.29, 1.82) is 0 Å². The Morgan fingerprint density at radius 2 is 1.85 bits per heavy atom. The summed E-state index contributed by atoms with van der Waals surface area (Å²) in [6.45, 7) is 6.99. The Bertz CT molecular complexity index is 773. The summed E-state index contributed by atoms with van der Waals surface area (Å²) in [7, 11) is 0. The summed E-state index contributed by atoms with van der Waals surface area (Å²) >= 11 is 2.20. The van der Waals surface area contributed by atoms with Gasteiger partial charge >= 0.3 is 0 Å². The standard InChI is InChI=1S/C20H23IN2O3/c1-4-25-18-11-16(10-17(21)20(18)26-5-2)13-22-23-19(24)12-15-8-6-14(3)7-9-15/h6-11,13H,4-5,12H2,1-3H3,(H,23,24)/b22-13+. The zero-order chi connectivity index (χ0) is 18.9. The summed E-state index contributed by atoms with van der Waals surface area (Å²) in [5.41, 5.74) is 5.52. The molecule has 0 saturated heterocycles. The topological polar surface area (TPSA) is 59.9 Å². The van der Waals surface area contributed by atoms with Gasteiger partial charge in [0.1, 0.15) is 0 Å². The van der Waals surface area contributed by atoms with E-state index in [9.17, 15) is 4.79 Å². The minimum atomic E-state index is -0.157. The molecule has 2 aromatic rings. The molecule has 1 N–H and O–H groups in total. The molecule has 2 rings (SSSR count). The Morgan fingerprint density at radius 1 is 1.15 bits per heavy atom. The minimum absolute atomic E-state index is 0.157. The Hall–Kier alpha value is -2.09. The van der Waals surface area contributed by atoms with Crippen molar-refractivity contribution in [2.24, 2.45) is 5.10 Å². The molecule has 0 atom stereocenters. The molecule has 0 radical (unpaired) electrons. The van der Waals surface area contributed by atoms with Crippen molar-refractivity contribution in [1.82, 2.24) is 5.43 Å². The molecule has 0 aliphatic rings. The normalized spacial score (nSPS) is 10.8. The van der Waals surface area contributed by atoms with Gasteiger partial charge < -0.3 is 9.47 Å². The molecule has 0 saturated carbocycles. The van der Waals surface area contributed by atoms with Crippen LogP contribution < -0.4 is 14.9 Å². The van der Waals surface area contributed by atoms with Gasteiger partial charge in [-0.25, -0.2) is 5.43 Å². The summed E-state index contributed by atoms with van der Waals surface area (Å²) in [5, 5.41) is 4.05. The van der Waals surface area contributed by atoms with Crippen LogP contribution >= 0.6 is 22.6 Å². The maximum absolute atomic E-state index is 12.0. The zero-order valence-electron chi connectivity index (χ0n) is 15.2. The lowest BCUT2D eigenvalue weighted by molar-refractivity contribution is -0.120. The van der Waals surface area contributed by atoms with Crippen LogP contribution in [0.3, 0.4) is 0 Å². The van der Waals surface area contributed by atoms with Gasteiger partial charge in [-0.2, -0.15) is 5.10 Å². The van der Waals surface area contributed by atoms with E-state index in [0.29, 0.717) is 25.4 Å². The van der Waals surface area contributed by atoms with Gasteiger partial charge in [-0.3, -0.25) is 4.79 Å². The SMILES string of the molecule is CCOc1cc(/C=N/NC(=O)Cc2ccc(C)cc2)cc(I)c1OCC. The van der Waals surface area contributed by atoms with Crippen LogP contribution in [0, 0.1) is 10.5 Å². The quantitative estimate of drug-likeness (QED) is 0.362. The van der Waals surface area contributed by atoms with Crippen LogP contribution in [0.1, 0.15) is 30.5 Å². The summed E-state index contributed by atoms with van der Waals surface area (Å²) in [4.78, 5) is 12.0. The second-order valence-corrected chi connectivity index (χ2v) is 6.81. The van der Waals surface area contributed by atoms with E-state index in [1.165, 1.54) is 5.56 Å². The van der Waals surface area contributed by atoms with Crippen molar-refractivity contribution in [2.75, 3.05) is 13.2 Å². The first-order chi connectivity index (χ1) is 12.5. The number of halogens is 1. The Kier molecular flexibility index (Phi) is 7.90. The highest BCUT2D eigenvalue weighted by atomic mass is 127. The molecular weight excluding hydrogens is 443 g/mol. The van der Waals surface area contributed by atoms with Gasteiger partial charge in [0.05, 0.1) is 29.4 Å². The molecule has 1 amide bonds. The largest absolute Gasteiger partial charge is 0.490 e. The fraction of sp³-hybridized carbons (Fsp3) is 0.300. The van der Waals surface area contributed by atoms with E-state index in [4.69, 9.17) is 9.47 Å². The van der Waals surface area contributed by atoms with E-state index >= 15 is 0 Å². The number of amides is 1. The fourth-order valence-corrected chi connectivity index (χ4v) is 3.10. The number of aryl methyl sites for hydroxylation is 1. The van der Waals surface area contributed by atoms with Gasteiger partial charge in [0.2, 0.25) is 5.91 Å². The van der Waals surface area contributed by atoms with Crippen LogP contribution in [0.15, 0.2) is 41.5 Å². The van der Waals surface area contributed by atoms with Crippen LogP contribution in [-0.2, 0) is 11.2 Å². The Balaban J connectivity index is 2.02. The second-order valence-electron chi connectivity index (χ2n) is 5.65. The number of benzene rings is 2. The molecule has 0 aromatic heterocycles. The first-order valence-corrected chi connectivity index (χ1v) is 9.58. The first-order valence-electron chi connectivity index (χ1n) is 8.50. The van der Waals surface area contributed by atoms with E-state index in [-0.39, 0.29) is 5.91 Å². The molecule has 2 aromatic carbocycles. The molecule has 0 heterocycles. The molecule has 26 heavy (non-hydrogen) atoms. The zero-order valence-corrected chi connectivity index (χ0v) is 17.4. The van der Waals surface area contributed by atoms with Crippen molar-refractivity contribution >= 4 is 34.7 Å². The van der Waals surface area contributed by atoms with E-state index in [0.717, 1.165) is 20.4 Å². The molecular formula is C20H23IN2O3. The summed E-state index contributed by atoms with van der Waals surface area (Å²) in [5.74, 6) is 1.25. The van der Waals surface area contributed by atoms with Crippen LogP contribution in [0.5, 0.6) is 11.5 Å². The molecule has 138 valence electrons. The maximum atomic E-state index is 12.0. The number of nitrogens with zero attached hydrogens (tertiary/aromatic N) is 1. The maximum Gasteiger partial charge on any atom is 0.244 e. The molecule has 0 aliphatic carbocycles. The van der Waals surface area contributed by atoms with Gasteiger partial charge in [0.25, 0.3) is 0 Å². The monoisotopic (exact) mass is 466 g/mol. The lowest BCUT2D eigenvalue weighted by atomic mass is 10.1. The Morgan fingerprint density at radius 3 is 2.50 bits per heavy atom. The average molecular weight is 466 g/mol. The molecule has 0 fully saturated rings. The number of carbonyl (C=O) groups is 1. The lowest BCUT2D eigenvalue weighted by Gasteiger charge is -2.13. The molecule has 0 unspecified atom stereocenters. The lowest BCUT2D eigenvalue weighted by Crippen LogP contribution is -2.19. The number of nitrogens with one attached hydrogen (secondary N) is 1. The van der Waals surface area contributed by atoms with Gasteiger partial charge in [-0.15, -0.1) is 0 Å². The number of rotatable bonds is 8. The van der Waals surface area contributed by atoms with E-state index in [1.54, 1.807) is 6.21 Å². The molecule has 0 aliphatic heterocycles. The van der Waals surface area contributed by atoms with Gasteiger partial charge in [0.15, 0.2) is 11.5 Å². The minimum Gasteiger partial charge on any atom is -0.490 e. The summed E-state index contributed by atoms with van der Waals surface area (Å²) < 4.78 is 12.2. The van der Waals surface area contributed by atoms with Crippen molar-refractivity contribution in [3.8, 4) is 11.5 Å². The highest BCUT2D eigenvalue weighted by molar-refractivity contribution is 14.1. The number of hydrogen-bond acceptors (Lipinski definition) is 4. The summed E-state index contributed by atoms with van der Waals surface area (Å²) in [6.07, 6.45) is 1.90. The smallest absolute Gasteiger partial charge is 0.244 e. The number of hydrogen-bond donors (Lipinski definition) is 1. The van der Waals surface area contributed by atoms with Crippen molar-refractivity contribution in [3.63, 3.8) is 0 Å². The number of hydrazone groups is 1. The van der Waals surface area contributed by atoms with Gasteiger partial charge in [-0.1, -0.05) is 29.8 Å². The molecule has 0 bridgehead atoms. The van der Waals surface area contributed by atoms with Crippen molar-refractivity contribution in [3.05, 3.63) is 56.7 Å². The first kappa shape index (κ1) is 20.2. The predicted octanol–water partition coefficient (Wildman–Crippen LogP) is 4.09. The Labute approximate surface area is 167 Å². The fourth-order valence-electron chi connectivity index (χ4n) is 2.32. The molecule has 6 heteroatoms. The third-order valence-corrected chi connectivity index (χ3v) is 4.31. The van der Waals surface area contributed by atoms with Crippen molar-refractivity contribution < 1.29 is 14.3 Å². The average Bonchev–Trinajstić information content (AvgIpc) is 2.60. The number of carbonyl (C=O) groups excluding carboxylic acids is 1. The predicted molar refractivity (Wildman–Crippen MR) is 112 cm³/mol. The van der Waals surface area contributed by atoms with E-state index < -0.39 is 0 Å². The number of ether oxygens (including phenoxy) is 2. The highest BCUT2D eigenvalue weighted by Crippen LogP contribution is 2.33. The van der Waals surface area contributed by atoms with Gasteiger partial charge in [-0.05, 0) is 66.6 Å². The second kappa shape index (κ2) is 10.2. The van der Waals surface area contributed by atoms with Crippen LogP contribution in [0.4, 0.5) is 0 Å². The van der Waals surface area contributed by atoms with E-state index in [1.807, 2.05) is 57.2 Å². The van der Waals surface area contributed by atoms with E-state index in [2.05, 4.69) is 33.1 Å². The van der Waals surface area contributed by atoms with Crippen LogP contribution in [0.25, 0.3) is 0 Å². The highest BCUT2D eigenvalue weighted by Gasteiger charge is 2.11. The van der Waals surface area contributed by atoms with Gasteiger partial charge in [0, 0.05) is 0 Å². The van der Waals surface area contributed by atoms with Crippen LogP contribution in [-0.4, -0.2) is 25.3 Å². The summed E-state index contributed by atoms with van der Waals surface area (Å²) in [6, 6.07) is 11.7. The van der Waals surface area contributed by atoms with Crippen molar-refractivity contribution in [2.45, 2.75) is 27.2 Å². The third kappa shape index (κ3) is 6.01.